The Bertz CT molecular complexity index is 368. The molecule has 0 spiro atoms. The van der Waals surface area contributed by atoms with E-state index < -0.39 is 17.7 Å². The van der Waals surface area contributed by atoms with Crippen LogP contribution in [0.3, 0.4) is 0 Å². The van der Waals surface area contributed by atoms with Crippen LogP contribution in [0.15, 0.2) is 18.2 Å². The largest absolute Gasteiger partial charge is 0.481 e. The maximum atomic E-state index is 13.3. The zero-order valence-corrected chi connectivity index (χ0v) is 8.79. The molecule has 0 heterocycles. The Balaban J connectivity index is 3.09. The van der Waals surface area contributed by atoms with Gasteiger partial charge in [0.05, 0.1) is 6.61 Å². The monoisotopic (exact) mass is 232 g/mol. The van der Waals surface area contributed by atoms with Crippen molar-refractivity contribution in [3.63, 3.8) is 0 Å². The van der Waals surface area contributed by atoms with Crippen molar-refractivity contribution in [2.75, 3.05) is 13.7 Å². The highest BCUT2D eigenvalue weighted by Gasteiger charge is 2.23. The van der Waals surface area contributed by atoms with E-state index in [1.165, 1.54) is 19.2 Å². The highest BCUT2D eigenvalue weighted by molar-refractivity contribution is 6.30. The molecule has 1 atom stereocenters. The molecule has 5 heteroatoms. The van der Waals surface area contributed by atoms with Crippen molar-refractivity contribution >= 4 is 17.6 Å². The molecule has 0 saturated heterocycles. The number of hydrogen-bond donors (Lipinski definition) is 1. The normalized spacial score (nSPS) is 12.5. The van der Waals surface area contributed by atoms with Crippen molar-refractivity contribution in [2.45, 2.75) is 5.92 Å². The number of hydrogen-bond acceptors (Lipinski definition) is 2. The van der Waals surface area contributed by atoms with Gasteiger partial charge in [-0.15, -0.1) is 0 Å². The van der Waals surface area contributed by atoms with E-state index in [0.29, 0.717) is 5.02 Å². The van der Waals surface area contributed by atoms with Gasteiger partial charge < -0.3 is 9.84 Å². The first-order valence-corrected chi connectivity index (χ1v) is 4.60. The molecule has 3 nitrogen and oxygen atoms in total. The number of aliphatic carboxylic acids is 1. The van der Waals surface area contributed by atoms with Crippen LogP contribution in [0.4, 0.5) is 4.39 Å². The van der Waals surface area contributed by atoms with Crippen LogP contribution in [0.25, 0.3) is 0 Å². The molecule has 0 saturated carbocycles. The number of carboxylic acid groups (broad SMARTS) is 1. The average Bonchev–Trinajstić information content (AvgIpc) is 2.18. The van der Waals surface area contributed by atoms with E-state index in [1.807, 2.05) is 0 Å². The van der Waals surface area contributed by atoms with Crippen molar-refractivity contribution in [3.05, 3.63) is 34.6 Å². The zero-order valence-electron chi connectivity index (χ0n) is 8.04. The number of rotatable bonds is 4. The first-order chi connectivity index (χ1) is 7.06. The summed E-state index contributed by atoms with van der Waals surface area (Å²) in [5, 5.41) is 9.18. The molecule has 0 aliphatic rings. The Morgan fingerprint density at radius 3 is 2.87 bits per heavy atom. The standard InChI is InChI=1S/C10H10ClFO3/c1-15-5-8(10(13)14)7-4-6(11)2-3-9(7)12/h2-4,8H,5H2,1H3,(H,13,14). The van der Waals surface area contributed by atoms with Crippen molar-refractivity contribution < 1.29 is 19.0 Å². The number of carbonyl (C=O) groups is 1. The molecular weight excluding hydrogens is 223 g/mol. The minimum absolute atomic E-state index is 0.0388. The summed E-state index contributed by atoms with van der Waals surface area (Å²) in [5.74, 6) is -2.77. The van der Waals surface area contributed by atoms with Crippen molar-refractivity contribution in [1.29, 1.82) is 0 Å². The molecule has 0 amide bonds. The van der Waals surface area contributed by atoms with E-state index in [0.717, 1.165) is 6.07 Å². The van der Waals surface area contributed by atoms with Gasteiger partial charge in [-0.1, -0.05) is 11.6 Å². The molecule has 0 aromatic heterocycles. The van der Waals surface area contributed by atoms with E-state index in [-0.39, 0.29) is 12.2 Å². The Hall–Kier alpha value is -1.13. The second kappa shape index (κ2) is 5.09. The highest BCUT2D eigenvalue weighted by Crippen LogP contribution is 2.23. The van der Waals surface area contributed by atoms with Crippen molar-refractivity contribution in [1.82, 2.24) is 0 Å². The molecule has 15 heavy (non-hydrogen) atoms. The lowest BCUT2D eigenvalue weighted by Crippen LogP contribution is -2.18. The predicted molar refractivity (Wildman–Crippen MR) is 53.7 cm³/mol. The van der Waals surface area contributed by atoms with Crippen LogP contribution < -0.4 is 0 Å². The minimum atomic E-state index is -1.14. The Morgan fingerprint density at radius 1 is 1.67 bits per heavy atom. The van der Waals surface area contributed by atoms with Gasteiger partial charge in [0.2, 0.25) is 0 Å². The quantitative estimate of drug-likeness (QED) is 0.867. The van der Waals surface area contributed by atoms with Gasteiger partial charge in [0.15, 0.2) is 0 Å². The lowest BCUT2D eigenvalue weighted by Gasteiger charge is -2.12. The lowest BCUT2D eigenvalue weighted by atomic mass is 10.00. The second-order valence-electron chi connectivity index (χ2n) is 3.01. The molecule has 0 aliphatic carbocycles. The number of halogens is 2. The average molecular weight is 233 g/mol. The summed E-state index contributed by atoms with van der Waals surface area (Å²) in [6, 6.07) is 3.81. The van der Waals surface area contributed by atoms with Gasteiger partial charge in [-0.05, 0) is 18.2 Å². The molecule has 1 N–H and O–H groups in total. The highest BCUT2D eigenvalue weighted by atomic mass is 35.5. The van der Waals surface area contributed by atoms with Gasteiger partial charge in [-0.2, -0.15) is 0 Å². The van der Waals surface area contributed by atoms with Crippen LogP contribution in [-0.2, 0) is 9.53 Å². The van der Waals surface area contributed by atoms with E-state index >= 15 is 0 Å². The number of carboxylic acids is 1. The third kappa shape index (κ3) is 2.91. The smallest absolute Gasteiger partial charge is 0.313 e. The molecular formula is C10H10ClFO3. The first-order valence-electron chi connectivity index (χ1n) is 4.23. The van der Waals surface area contributed by atoms with Crippen LogP contribution in [0, 0.1) is 5.82 Å². The summed E-state index contributed by atoms with van der Waals surface area (Å²) >= 11 is 5.67. The molecule has 1 aromatic carbocycles. The van der Waals surface area contributed by atoms with E-state index in [4.69, 9.17) is 21.4 Å². The fraction of sp³-hybridized carbons (Fsp3) is 0.300. The minimum Gasteiger partial charge on any atom is -0.481 e. The first kappa shape index (κ1) is 11.9. The Morgan fingerprint density at radius 2 is 2.33 bits per heavy atom. The van der Waals surface area contributed by atoms with Crippen LogP contribution in [0.1, 0.15) is 11.5 Å². The lowest BCUT2D eigenvalue weighted by molar-refractivity contribution is -0.140. The second-order valence-corrected chi connectivity index (χ2v) is 3.45. The van der Waals surface area contributed by atoms with E-state index in [2.05, 4.69) is 0 Å². The molecule has 1 aromatic rings. The third-order valence-corrected chi connectivity index (χ3v) is 2.20. The molecule has 0 aliphatic heterocycles. The SMILES string of the molecule is COCC(C(=O)O)c1cc(Cl)ccc1F. The van der Waals surface area contributed by atoms with Crippen molar-refractivity contribution in [3.8, 4) is 0 Å². The van der Waals surface area contributed by atoms with E-state index in [1.54, 1.807) is 0 Å². The Kier molecular flexibility index (Phi) is 4.05. The van der Waals surface area contributed by atoms with Gasteiger partial charge >= 0.3 is 5.97 Å². The molecule has 0 bridgehead atoms. The third-order valence-electron chi connectivity index (χ3n) is 1.96. The molecule has 1 unspecified atom stereocenters. The van der Waals surface area contributed by atoms with Gasteiger partial charge in [0.25, 0.3) is 0 Å². The van der Waals surface area contributed by atoms with Crippen LogP contribution in [-0.4, -0.2) is 24.8 Å². The summed E-state index contributed by atoms with van der Waals surface area (Å²) in [6.07, 6.45) is 0. The summed E-state index contributed by atoms with van der Waals surface area (Å²) < 4.78 is 18.0. The molecule has 1 rings (SSSR count). The fourth-order valence-corrected chi connectivity index (χ4v) is 1.42. The molecule has 0 fully saturated rings. The van der Waals surface area contributed by atoms with Crippen LogP contribution in [0.2, 0.25) is 5.02 Å². The maximum absolute atomic E-state index is 13.3. The van der Waals surface area contributed by atoms with Gasteiger partial charge in [0.1, 0.15) is 11.7 Å². The Labute approximate surface area is 91.4 Å². The molecule has 82 valence electrons. The number of ether oxygens (including phenoxy) is 1. The summed E-state index contributed by atoms with van der Waals surface area (Å²) in [6.45, 7) is -0.0907. The summed E-state index contributed by atoms with van der Waals surface area (Å²) in [7, 11) is 1.36. The van der Waals surface area contributed by atoms with Crippen molar-refractivity contribution in [2.24, 2.45) is 0 Å². The number of benzene rings is 1. The summed E-state index contributed by atoms with van der Waals surface area (Å²) in [5.41, 5.74) is 0.0388. The van der Waals surface area contributed by atoms with Gasteiger partial charge in [-0.25, -0.2) is 4.39 Å². The van der Waals surface area contributed by atoms with Gasteiger partial charge in [0, 0.05) is 17.7 Å². The summed E-state index contributed by atoms with van der Waals surface area (Å²) in [4.78, 5) is 10.9. The van der Waals surface area contributed by atoms with Crippen LogP contribution in [0.5, 0.6) is 0 Å². The topological polar surface area (TPSA) is 46.5 Å². The molecule has 0 radical (unpaired) electrons. The number of methoxy groups -OCH3 is 1. The van der Waals surface area contributed by atoms with Crippen LogP contribution >= 0.6 is 11.6 Å². The van der Waals surface area contributed by atoms with Gasteiger partial charge in [-0.3, -0.25) is 4.79 Å². The fourth-order valence-electron chi connectivity index (χ4n) is 1.24. The maximum Gasteiger partial charge on any atom is 0.313 e. The van der Waals surface area contributed by atoms with E-state index in [9.17, 15) is 9.18 Å². The zero-order chi connectivity index (χ0) is 11.4. The predicted octanol–water partition coefficient (Wildman–Crippen LogP) is 2.29.